The lowest BCUT2D eigenvalue weighted by atomic mass is 10.2. The van der Waals surface area contributed by atoms with E-state index in [1.54, 1.807) is 6.92 Å². The minimum Gasteiger partial charge on any atom is -0.440 e. The van der Waals surface area contributed by atoms with E-state index < -0.39 is 10.0 Å². The normalized spacial score (nSPS) is 13.6. The smallest absolute Gasteiger partial charge is 0.274 e. The molecule has 1 atom stereocenters. The molecule has 0 bridgehead atoms. The van der Waals surface area contributed by atoms with Crippen molar-refractivity contribution in [3.8, 4) is 0 Å². The summed E-state index contributed by atoms with van der Waals surface area (Å²) in [7, 11) is -3.65. The third-order valence-electron chi connectivity index (χ3n) is 2.06. The van der Waals surface area contributed by atoms with Gasteiger partial charge in [0.15, 0.2) is 12.0 Å². The van der Waals surface area contributed by atoms with Gasteiger partial charge in [0.2, 0.25) is 5.09 Å². The standard InChI is InChI=1S/C10H15NO4S/c1-3-4-8(2)11-16(13,14)10-6-5-9(7-12)15-10/h5-8,11H,3-4H2,1-2H3. The Morgan fingerprint density at radius 2 is 2.19 bits per heavy atom. The SMILES string of the molecule is CCCC(C)NS(=O)(=O)c1ccc(C=O)o1. The molecule has 1 N–H and O–H groups in total. The maximum Gasteiger partial charge on any atom is 0.274 e. The molecule has 0 saturated heterocycles. The summed E-state index contributed by atoms with van der Waals surface area (Å²) in [6, 6.07) is 2.44. The van der Waals surface area contributed by atoms with Crippen molar-refractivity contribution in [3.05, 3.63) is 17.9 Å². The molecule has 0 spiro atoms. The molecule has 0 aliphatic rings. The molecule has 5 nitrogen and oxygen atoms in total. The maximum absolute atomic E-state index is 11.7. The van der Waals surface area contributed by atoms with E-state index in [2.05, 4.69) is 4.72 Å². The van der Waals surface area contributed by atoms with Gasteiger partial charge in [-0.15, -0.1) is 0 Å². The Balaban J connectivity index is 2.81. The molecule has 6 heteroatoms. The average molecular weight is 245 g/mol. The lowest BCUT2D eigenvalue weighted by Crippen LogP contribution is -2.32. The number of hydrogen-bond donors (Lipinski definition) is 1. The van der Waals surface area contributed by atoms with Gasteiger partial charge in [-0.25, -0.2) is 13.1 Å². The van der Waals surface area contributed by atoms with Crippen LogP contribution in [0.4, 0.5) is 0 Å². The minimum atomic E-state index is -3.65. The van der Waals surface area contributed by atoms with Crippen molar-refractivity contribution in [1.29, 1.82) is 0 Å². The van der Waals surface area contributed by atoms with Crippen LogP contribution in [0, 0.1) is 0 Å². The van der Waals surface area contributed by atoms with E-state index in [0.717, 1.165) is 12.8 Å². The Bertz CT molecular complexity index is 449. The molecule has 0 radical (unpaired) electrons. The third kappa shape index (κ3) is 3.18. The van der Waals surface area contributed by atoms with Gasteiger partial charge in [0.05, 0.1) is 0 Å². The highest BCUT2D eigenvalue weighted by Crippen LogP contribution is 2.13. The number of carbonyl (C=O) groups excluding carboxylic acids is 1. The highest BCUT2D eigenvalue weighted by molar-refractivity contribution is 7.89. The molecule has 16 heavy (non-hydrogen) atoms. The van der Waals surface area contributed by atoms with Crippen molar-refractivity contribution < 1.29 is 17.6 Å². The predicted octanol–water partition coefficient (Wildman–Crippen LogP) is 1.56. The molecule has 90 valence electrons. The van der Waals surface area contributed by atoms with E-state index in [4.69, 9.17) is 4.42 Å². The van der Waals surface area contributed by atoms with E-state index in [0.29, 0.717) is 6.29 Å². The van der Waals surface area contributed by atoms with Gasteiger partial charge in [-0.3, -0.25) is 4.79 Å². The Morgan fingerprint density at radius 1 is 1.50 bits per heavy atom. The number of carbonyl (C=O) groups is 1. The van der Waals surface area contributed by atoms with Gasteiger partial charge in [-0.1, -0.05) is 13.3 Å². The molecule has 0 aliphatic heterocycles. The lowest BCUT2D eigenvalue weighted by molar-refractivity contribution is 0.109. The van der Waals surface area contributed by atoms with Gasteiger partial charge in [-0.05, 0) is 25.5 Å². The van der Waals surface area contributed by atoms with Crippen LogP contribution in [-0.4, -0.2) is 20.7 Å². The molecule has 1 unspecified atom stereocenters. The summed E-state index contributed by atoms with van der Waals surface area (Å²) in [6.07, 6.45) is 2.11. The summed E-state index contributed by atoms with van der Waals surface area (Å²) in [5.74, 6) is 0.00326. The first kappa shape index (κ1) is 12.9. The van der Waals surface area contributed by atoms with E-state index >= 15 is 0 Å². The fraction of sp³-hybridized carbons (Fsp3) is 0.500. The molecular weight excluding hydrogens is 230 g/mol. The van der Waals surface area contributed by atoms with Crippen molar-refractivity contribution in [2.24, 2.45) is 0 Å². The summed E-state index contributed by atoms with van der Waals surface area (Å²) < 4.78 is 30.8. The van der Waals surface area contributed by atoms with Gasteiger partial charge in [0, 0.05) is 6.04 Å². The Hall–Kier alpha value is -1.14. The zero-order valence-electron chi connectivity index (χ0n) is 9.26. The highest BCUT2D eigenvalue weighted by atomic mass is 32.2. The Morgan fingerprint density at radius 3 is 2.69 bits per heavy atom. The topological polar surface area (TPSA) is 76.4 Å². The van der Waals surface area contributed by atoms with Crippen LogP contribution in [0.2, 0.25) is 0 Å². The second-order valence-electron chi connectivity index (χ2n) is 3.59. The summed E-state index contributed by atoms with van der Waals surface area (Å²) in [5.41, 5.74) is 0. The molecule has 0 aromatic carbocycles. The number of hydrogen-bond acceptors (Lipinski definition) is 4. The van der Waals surface area contributed by atoms with Gasteiger partial charge in [0.1, 0.15) is 0 Å². The van der Waals surface area contributed by atoms with Crippen LogP contribution in [0.3, 0.4) is 0 Å². The molecule has 1 aromatic heterocycles. The first-order valence-corrected chi connectivity index (χ1v) is 6.55. The fourth-order valence-electron chi connectivity index (χ4n) is 1.36. The summed E-state index contributed by atoms with van der Waals surface area (Å²) in [5, 5.41) is -0.224. The van der Waals surface area contributed by atoms with Gasteiger partial charge < -0.3 is 4.42 Å². The minimum absolute atomic E-state index is 0.00326. The molecule has 1 rings (SSSR count). The zero-order chi connectivity index (χ0) is 12.2. The van der Waals surface area contributed by atoms with Crippen molar-refractivity contribution in [2.45, 2.75) is 37.8 Å². The second-order valence-corrected chi connectivity index (χ2v) is 5.23. The monoisotopic (exact) mass is 245 g/mol. The largest absolute Gasteiger partial charge is 0.440 e. The number of furan rings is 1. The average Bonchev–Trinajstić information content (AvgIpc) is 2.65. The third-order valence-corrected chi connectivity index (χ3v) is 3.52. The van der Waals surface area contributed by atoms with Crippen LogP contribution < -0.4 is 4.72 Å². The van der Waals surface area contributed by atoms with E-state index in [1.165, 1.54) is 12.1 Å². The van der Waals surface area contributed by atoms with Crippen LogP contribution in [0.25, 0.3) is 0 Å². The van der Waals surface area contributed by atoms with E-state index in [9.17, 15) is 13.2 Å². The van der Waals surface area contributed by atoms with E-state index in [-0.39, 0.29) is 16.9 Å². The molecule has 0 amide bonds. The Kier molecular flexibility index (Phi) is 4.26. The quantitative estimate of drug-likeness (QED) is 0.771. The zero-order valence-corrected chi connectivity index (χ0v) is 10.1. The molecule has 0 saturated carbocycles. The molecule has 1 heterocycles. The summed E-state index contributed by atoms with van der Waals surface area (Å²) >= 11 is 0. The first-order valence-electron chi connectivity index (χ1n) is 5.07. The van der Waals surface area contributed by atoms with Gasteiger partial charge in [-0.2, -0.15) is 0 Å². The second kappa shape index (κ2) is 5.27. The number of rotatable bonds is 6. The first-order chi connectivity index (χ1) is 7.49. The predicted molar refractivity (Wildman–Crippen MR) is 58.8 cm³/mol. The maximum atomic E-state index is 11.7. The fourth-order valence-corrected chi connectivity index (χ4v) is 2.57. The Labute approximate surface area is 94.9 Å². The highest BCUT2D eigenvalue weighted by Gasteiger charge is 2.20. The number of nitrogens with one attached hydrogen (secondary N) is 1. The molecule has 0 aliphatic carbocycles. The lowest BCUT2D eigenvalue weighted by Gasteiger charge is -2.11. The molecule has 1 aromatic rings. The van der Waals surface area contributed by atoms with Crippen LogP contribution in [0.5, 0.6) is 0 Å². The van der Waals surface area contributed by atoms with E-state index in [1.807, 2.05) is 6.92 Å². The molecule has 0 fully saturated rings. The van der Waals surface area contributed by atoms with Crippen molar-refractivity contribution >= 4 is 16.3 Å². The van der Waals surface area contributed by atoms with Crippen LogP contribution in [-0.2, 0) is 10.0 Å². The van der Waals surface area contributed by atoms with Gasteiger partial charge in [0.25, 0.3) is 10.0 Å². The van der Waals surface area contributed by atoms with Gasteiger partial charge >= 0.3 is 0 Å². The summed E-state index contributed by atoms with van der Waals surface area (Å²) in [4.78, 5) is 10.4. The number of sulfonamides is 1. The van der Waals surface area contributed by atoms with Crippen molar-refractivity contribution in [3.63, 3.8) is 0 Å². The summed E-state index contributed by atoms with van der Waals surface area (Å²) in [6.45, 7) is 3.76. The van der Waals surface area contributed by atoms with Crippen LogP contribution >= 0.6 is 0 Å². The van der Waals surface area contributed by atoms with Crippen LogP contribution in [0.15, 0.2) is 21.6 Å². The van der Waals surface area contributed by atoms with Crippen molar-refractivity contribution in [2.75, 3.05) is 0 Å². The van der Waals surface area contributed by atoms with Crippen molar-refractivity contribution in [1.82, 2.24) is 4.72 Å². The van der Waals surface area contributed by atoms with Crippen LogP contribution in [0.1, 0.15) is 37.2 Å². The number of aldehydes is 1. The molecular formula is C10H15NO4S.